The van der Waals surface area contributed by atoms with Gasteiger partial charge in [-0.05, 0) is 25.8 Å². The lowest BCUT2D eigenvalue weighted by Gasteiger charge is -2.42. The monoisotopic (exact) mass is 311 g/mol. The lowest BCUT2D eigenvalue weighted by atomic mass is 9.87. The van der Waals surface area contributed by atoms with Gasteiger partial charge in [0.2, 0.25) is 5.91 Å². The smallest absolute Gasteiger partial charge is 0.238 e. The van der Waals surface area contributed by atoms with E-state index in [0.29, 0.717) is 13.2 Å². The zero-order chi connectivity index (χ0) is 15.2. The van der Waals surface area contributed by atoms with Crippen molar-refractivity contribution in [3.8, 4) is 5.75 Å². The molecule has 0 N–H and O–H groups in total. The third kappa shape index (κ3) is 3.89. The number of carbonyl (C=O) groups excluding carboxylic acids is 1. The highest BCUT2D eigenvalue weighted by Gasteiger charge is 2.36. The summed E-state index contributed by atoms with van der Waals surface area (Å²) in [4.78, 5) is 14.0. The molecule has 4 nitrogen and oxygen atoms in total. The highest BCUT2D eigenvalue weighted by atomic mass is 35.5. The maximum absolute atomic E-state index is 12.1. The van der Waals surface area contributed by atoms with E-state index in [9.17, 15) is 4.79 Å². The van der Waals surface area contributed by atoms with E-state index in [0.717, 1.165) is 24.2 Å². The molecule has 0 unspecified atom stereocenters. The fraction of sp³-hybridized carbons (Fsp3) is 0.562. The Kier molecular flexibility index (Phi) is 5.88. The summed E-state index contributed by atoms with van der Waals surface area (Å²) in [5, 5.41) is 0. The number of methoxy groups -OCH3 is 1. The fourth-order valence-electron chi connectivity index (χ4n) is 2.60. The third-order valence-electron chi connectivity index (χ3n) is 3.89. The molecule has 0 radical (unpaired) electrons. The van der Waals surface area contributed by atoms with Crippen molar-refractivity contribution in [1.29, 1.82) is 0 Å². The highest BCUT2D eigenvalue weighted by molar-refractivity contribution is 6.27. The zero-order valence-corrected chi connectivity index (χ0v) is 13.3. The number of halogens is 1. The summed E-state index contributed by atoms with van der Waals surface area (Å²) in [6.07, 6.45) is 1.99. The summed E-state index contributed by atoms with van der Waals surface area (Å²) >= 11 is 5.76. The van der Waals surface area contributed by atoms with E-state index in [1.807, 2.05) is 36.1 Å². The van der Waals surface area contributed by atoms with E-state index in [4.69, 9.17) is 21.1 Å². The number of alkyl halides is 1. The number of carbonyl (C=O) groups is 1. The van der Waals surface area contributed by atoms with Gasteiger partial charge in [0.25, 0.3) is 0 Å². The predicted molar refractivity (Wildman–Crippen MR) is 82.7 cm³/mol. The Morgan fingerprint density at radius 1 is 1.38 bits per heavy atom. The van der Waals surface area contributed by atoms with E-state index in [1.54, 1.807) is 7.11 Å². The standard InChI is InChI=1S/C16H22ClNO3/c1-3-21-15-7-5-4-6-12(15)11-18(16(19)10-17)13-8-14(9-13)20-2/h4-7,13-14H,3,8-11H2,1-2H3. The van der Waals surface area contributed by atoms with Crippen molar-refractivity contribution in [2.45, 2.75) is 38.5 Å². The van der Waals surface area contributed by atoms with Crippen LogP contribution in [-0.4, -0.2) is 42.5 Å². The summed E-state index contributed by atoms with van der Waals surface area (Å²) in [5.41, 5.74) is 1.01. The SMILES string of the molecule is CCOc1ccccc1CN(C(=O)CCl)C1CC(OC)C1. The molecule has 1 aliphatic carbocycles. The number of benzene rings is 1. The molecule has 0 saturated heterocycles. The van der Waals surface area contributed by atoms with Crippen LogP contribution in [0, 0.1) is 0 Å². The van der Waals surface area contributed by atoms with Gasteiger partial charge in [0.15, 0.2) is 0 Å². The van der Waals surface area contributed by atoms with Gasteiger partial charge in [-0.1, -0.05) is 18.2 Å². The molecule has 1 saturated carbocycles. The van der Waals surface area contributed by atoms with Gasteiger partial charge < -0.3 is 14.4 Å². The van der Waals surface area contributed by atoms with Crippen molar-refractivity contribution < 1.29 is 14.3 Å². The molecule has 0 atom stereocenters. The molecular formula is C16H22ClNO3. The molecule has 2 rings (SSSR count). The molecule has 0 heterocycles. The van der Waals surface area contributed by atoms with Crippen LogP contribution in [0.3, 0.4) is 0 Å². The van der Waals surface area contributed by atoms with Gasteiger partial charge in [0.1, 0.15) is 11.6 Å². The number of ether oxygens (including phenoxy) is 2. The molecule has 1 amide bonds. The third-order valence-corrected chi connectivity index (χ3v) is 4.12. The Morgan fingerprint density at radius 2 is 2.10 bits per heavy atom. The second-order valence-corrected chi connectivity index (χ2v) is 5.45. The van der Waals surface area contributed by atoms with E-state index >= 15 is 0 Å². The molecule has 1 aromatic carbocycles. The maximum Gasteiger partial charge on any atom is 0.238 e. The molecule has 1 fully saturated rings. The summed E-state index contributed by atoms with van der Waals surface area (Å²) in [5.74, 6) is 0.794. The van der Waals surface area contributed by atoms with Crippen LogP contribution in [0.4, 0.5) is 0 Å². The number of para-hydroxylation sites is 1. The van der Waals surface area contributed by atoms with Crippen molar-refractivity contribution in [2.75, 3.05) is 19.6 Å². The van der Waals surface area contributed by atoms with Crippen molar-refractivity contribution in [2.24, 2.45) is 0 Å². The van der Waals surface area contributed by atoms with E-state index < -0.39 is 0 Å². The number of hydrogen-bond donors (Lipinski definition) is 0. The van der Waals surface area contributed by atoms with Crippen LogP contribution in [0.15, 0.2) is 24.3 Å². The van der Waals surface area contributed by atoms with Crippen LogP contribution < -0.4 is 4.74 Å². The maximum atomic E-state index is 12.1. The lowest BCUT2D eigenvalue weighted by Crippen LogP contribution is -2.50. The Morgan fingerprint density at radius 3 is 2.71 bits per heavy atom. The van der Waals surface area contributed by atoms with Crippen LogP contribution >= 0.6 is 11.6 Å². The summed E-state index contributed by atoms with van der Waals surface area (Å²) in [6, 6.07) is 8.02. The molecule has 0 aromatic heterocycles. The molecule has 5 heteroatoms. The normalized spacial score (nSPS) is 20.7. The first-order chi connectivity index (χ1) is 10.2. The van der Waals surface area contributed by atoms with Crippen molar-refractivity contribution in [3.63, 3.8) is 0 Å². The Hall–Kier alpha value is -1.26. The van der Waals surface area contributed by atoms with Gasteiger partial charge in [0.05, 0.1) is 12.7 Å². The molecular weight excluding hydrogens is 290 g/mol. The minimum absolute atomic E-state index is 0.00491. The van der Waals surface area contributed by atoms with Crippen LogP contribution in [0.2, 0.25) is 0 Å². The first-order valence-corrected chi connectivity index (χ1v) is 7.82. The van der Waals surface area contributed by atoms with Crippen LogP contribution in [-0.2, 0) is 16.1 Å². The predicted octanol–water partition coefficient (Wildman–Crippen LogP) is 2.83. The van der Waals surface area contributed by atoms with Gasteiger partial charge in [-0.3, -0.25) is 4.79 Å². The summed E-state index contributed by atoms with van der Waals surface area (Å²) < 4.78 is 10.9. The molecule has 116 valence electrons. The Balaban J connectivity index is 2.10. The minimum atomic E-state index is -0.0393. The fourth-order valence-corrected chi connectivity index (χ4v) is 2.75. The highest BCUT2D eigenvalue weighted by Crippen LogP contribution is 2.31. The lowest BCUT2D eigenvalue weighted by molar-refractivity contribution is -0.137. The van der Waals surface area contributed by atoms with Gasteiger partial charge in [-0.15, -0.1) is 11.6 Å². The largest absolute Gasteiger partial charge is 0.494 e. The number of nitrogens with zero attached hydrogens (tertiary/aromatic N) is 1. The van der Waals surface area contributed by atoms with Gasteiger partial charge in [-0.2, -0.15) is 0 Å². The molecule has 0 spiro atoms. The topological polar surface area (TPSA) is 38.8 Å². The van der Waals surface area contributed by atoms with E-state index in [1.165, 1.54) is 0 Å². The van der Waals surface area contributed by atoms with Gasteiger partial charge in [-0.25, -0.2) is 0 Å². The van der Waals surface area contributed by atoms with Crippen molar-refractivity contribution in [3.05, 3.63) is 29.8 Å². The van der Waals surface area contributed by atoms with Crippen LogP contribution in [0.25, 0.3) is 0 Å². The van der Waals surface area contributed by atoms with Crippen LogP contribution in [0.1, 0.15) is 25.3 Å². The van der Waals surface area contributed by atoms with E-state index in [-0.39, 0.29) is 23.9 Å². The van der Waals surface area contributed by atoms with Crippen molar-refractivity contribution in [1.82, 2.24) is 4.90 Å². The first kappa shape index (κ1) is 16.1. The Bertz CT molecular complexity index is 474. The summed E-state index contributed by atoms with van der Waals surface area (Å²) in [6.45, 7) is 3.09. The number of hydrogen-bond acceptors (Lipinski definition) is 3. The minimum Gasteiger partial charge on any atom is -0.494 e. The zero-order valence-electron chi connectivity index (χ0n) is 12.5. The average molecular weight is 312 g/mol. The molecule has 0 aliphatic heterocycles. The Labute approximate surface area is 131 Å². The number of amides is 1. The first-order valence-electron chi connectivity index (χ1n) is 7.28. The quantitative estimate of drug-likeness (QED) is 0.727. The van der Waals surface area contributed by atoms with Gasteiger partial charge >= 0.3 is 0 Å². The molecule has 1 aromatic rings. The second-order valence-electron chi connectivity index (χ2n) is 5.18. The van der Waals surface area contributed by atoms with Crippen LogP contribution in [0.5, 0.6) is 5.75 Å². The molecule has 0 bridgehead atoms. The van der Waals surface area contributed by atoms with E-state index in [2.05, 4.69) is 0 Å². The van der Waals surface area contributed by atoms with Gasteiger partial charge in [0, 0.05) is 25.3 Å². The molecule has 1 aliphatic rings. The number of rotatable bonds is 7. The summed E-state index contributed by atoms with van der Waals surface area (Å²) in [7, 11) is 1.71. The van der Waals surface area contributed by atoms with Crippen molar-refractivity contribution >= 4 is 17.5 Å². The second kappa shape index (κ2) is 7.66. The average Bonchev–Trinajstić information content (AvgIpc) is 2.46. The molecule has 21 heavy (non-hydrogen) atoms.